The summed E-state index contributed by atoms with van der Waals surface area (Å²) in [5.74, 6) is -1.72. The SMILES string of the molecule is COC(=O)CS(=O)(=O)N[C@]1(CO)CCN(C(=O)OCc2ccccc2)[C@@H](C)C1. The zero-order valence-electron chi connectivity index (χ0n) is 16.0. The Hall–Kier alpha value is -2.17. The van der Waals surface area contributed by atoms with Gasteiger partial charge in [-0.15, -0.1) is 0 Å². The van der Waals surface area contributed by atoms with E-state index in [9.17, 15) is 23.1 Å². The smallest absolute Gasteiger partial charge is 0.410 e. The summed E-state index contributed by atoms with van der Waals surface area (Å²) in [6.45, 7) is 1.64. The normalized spacial score (nSPS) is 22.5. The minimum absolute atomic E-state index is 0.139. The second-order valence-electron chi connectivity index (χ2n) is 6.91. The molecule has 0 radical (unpaired) electrons. The Kier molecular flexibility index (Phi) is 7.39. The molecule has 28 heavy (non-hydrogen) atoms. The number of carbonyl (C=O) groups excluding carboxylic acids is 2. The largest absolute Gasteiger partial charge is 0.468 e. The van der Waals surface area contributed by atoms with E-state index in [1.165, 1.54) is 4.90 Å². The number of likely N-dealkylation sites (tertiary alicyclic amines) is 1. The zero-order valence-corrected chi connectivity index (χ0v) is 16.8. The fourth-order valence-corrected chi connectivity index (χ4v) is 4.66. The molecule has 0 saturated carbocycles. The van der Waals surface area contributed by atoms with Crippen LogP contribution in [0.2, 0.25) is 0 Å². The maximum atomic E-state index is 12.4. The molecule has 2 rings (SSSR count). The molecular weight excluding hydrogens is 388 g/mol. The van der Waals surface area contributed by atoms with E-state index in [-0.39, 0.29) is 32.0 Å². The van der Waals surface area contributed by atoms with Gasteiger partial charge >= 0.3 is 12.1 Å². The Morgan fingerprint density at radius 3 is 2.57 bits per heavy atom. The summed E-state index contributed by atoms with van der Waals surface area (Å²) in [5.41, 5.74) is -0.288. The van der Waals surface area contributed by atoms with E-state index in [0.29, 0.717) is 0 Å². The number of nitrogens with one attached hydrogen (secondary N) is 1. The molecular formula is C18H26N2O7S. The molecule has 0 spiro atoms. The minimum atomic E-state index is -3.99. The summed E-state index contributed by atoms with van der Waals surface area (Å²) >= 11 is 0. The number of aliphatic hydroxyl groups excluding tert-OH is 1. The van der Waals surface area contributed by atoms with Crippen LogP contribution in [-0.2, 0) is 30.9 Å². The van der Waals surface area contributed by atoms with Crippen molar-refractivity contribution in [2.75, 3.05) is 26.0 Å². The first kappa shape index (κ1) is 22.1. The van der Waals surface area contributed by atoms with Gasteiger partial charge in [0.2, 0.25) is 10.0 Å². The van der Waals surface area contributed by atoms with Crippen molar-refractivity contribution in [2.24, 2.45) is 0 Å². The van der Waals surface area contributed by atoms with Crippen LogP contribution >= 0.6 is 0 Å². The molecule has 1 aromatic rings. The molecule has 9 nitrogen and oxygen atoms in total. The summed E-state index contributed by atoms with van der Waals surface area (Å²) in [7, 11) is -2.89. The maximum absolute atomic E-state index is 12.4. The lowest BCUT2D eigenvalue weighted by molar-refractivity contribution is -0.137. The van der Waals surface area contributed by atoms with Crippen LogP contribution in [0, 0.1) is 0 Å². The zero-order chi connectivity index (χ0) is 20.8. The van der Waals surface area contributed by atoms with Gasteiger partial charge in [-0.3, -0.25) is 4.79 Å². The van der Waals surface area contributed by atoms with E-state index in [1.807, 2.05) is 30.3 Å². The number of hydrogen-bond acceptors (Lipinski definition) is 7. The minimum Gasteiger partial charge on any atom is -0.468 e. The lowest BCUT2D eigenvalue weighted by Gasteiger charge is -2.44. The van der Waals surface area contributed by atoms with Crippen molar-refractivity contribution in [1.82, 2.24) is 9.62 Å². The second kappa shape index (κ2) is 9.35. The topological polar surface area (TPSA) is 122 Å². The first-order valence-corrected chi connectivity index (χ1v) is 10.5. The number of benzene rings is 1. The maximum Gasteiger partial charge on any atom is 0.410 e. The monoisotopic (exact) mass is 414 g/mol. The molecule has 0 bridgehead atoms. The molecule has 0 aromatic heterocycles. The van der Waals surface area contributed by atoms with Gasteiger partial charge in [-0.25, -0.2) is 17.9 Å². The van der Waals surface area contributed by atoms with Crippen LogP contribution in [0.5, 0.6) is 0 Å². The lowest BCUT2D eigenvalue weighted by atomic mass is 9.85. The highest BCUT2D eigenvalue weighted by molar-refractivity contribution is 7.90. The molecule has 1 heterocycles. The molecule has 0 aliphatic carbocycles. The third-order valence-corrected chi connectivity index (χ3v) is 6.06. The number of carbonyl (C=O) groups is 2. The van der Waals surface area contributed by atoms with Crippen LogP contribution in [0.25, 0.3) is 0 Å². The Labute approximate surface area is 164 Å². The van der Waals surface area contributed by atoms with Gasteiger partial charge in [0.05, 0.1) is 19.3 Å². The first-order chi connectivity index (χ1) is 13.2. The average Bonchev–Trinajstić information content (AvgIpc) is 2.66. The predicted octanol–water partition coefficient (Wildman–Crippen LogP) is 0.631. The van der Waals surface area contributed by atoms with E-state index in [4.69, 9.17) is 4.74 Å². The first-order valence-electron chi connectivity index (χ1n) is 8.87. The number of esters is 1. The van der Waals surface area contributed by atoms with E-state index in [1.54, 1.807) is 6.92 Å². The molecule has 1 aliphatic heterocycles. The third kappa shape index (κ3) is 5.91. The number of sulfonamides is 1. The summed E-state index contributed by atoms with van der Waals surface area (Å²) in [6, 6.07) is 8.89. The van der Waals surface area contributed by atoms with E-state index < -0.39 is 40.0 Å². The fourth-order valence-electron chi connectivity index (χ4n) is 3.25. The van der Waals surface area contributed by atoms with Crippen LogP contribution in [0.1, 0.15) is 25.3 Å². The van der Waals surface area contributed by atoms with Crippen LogP contribution < -0.4 is 4.72 Å². The standard InChI is InChI=1S/C18H26N2O7S/c1-14-10-18(13-21,19-28(24,25)12-16(22)26-2)8-9-20(14)17(23)27-11-15-6-4-3-5-7-15/h3-7,14,19,21H,8-13H2,1-2H3/t14-,18+/m0/s1. The molecule has 1 amide bonds. The fraction of sp³-hybridized carbons (Fsp3) is 0.556. The van der Waals surface area contributed by atoms with E-state index in [2.05, 4.69) is 9.46 Å². The summed E-state index contributed by atoms with van der Waals surface area (Å²) < 4.78 is 36.5. The van der Waals surface area contributed by atoms with Crippen molar-refractivity contribution in [3.05, 3.63) is 35.9 Å². The highest BCUT2D eigenvalue weighted by atomic mass is 32.2. The highest BCUT2D eigenvalue weighted by Gasteiger charge is 2.42. The number of nitrogens with zero attached hydrogens (tertiary/aromatic N) is 1. The molecule has 1 aliphatic rings. The third-order valence-electron chi connectivity index (χ3n) is 4.70. The average molecular weight is 414 g/mol. The number of amides is 1. The van der Waals surface area contributed by atoms with Crippen molar-refractivity contribution in [2.45, 2.75) is 38.0 Å². The summed E-state index contributed by atoms with van der Waals surface area (Å²) in [4.78, 5) is 25.2. The van der Waals surface area contributed by atoms with Gasteiger partial charge in [0.15, 0.2) is 5.75 Å². The summed E-state index contributed by atoms with van der Waals surface area (Å²) in [6.07, 6.45) is -0.126. The van der Waals surface area contributed by atoms with Gasteiger partial charge in [0.1, 0.15) is 6.61 Å². The molecule has 2 N–H and O–H groups in total. The Morgan fingerprint density at radius 2 is 2.00 bits per heavy atom. The molecule has 2 atom stereocenters. The molecule has 10 heteroatoms. The molecule has 156 valence electrons. The quantitative estimate of drug-likeness (QED) is 0.628. The number of rotatable bonds is 7. The molecule has 1 saturated heterocycles. The van der Waals surface area contributed by atoms with Crippen molar-refractivity contribution >= 4 is 22.1 Å². The van der Waals surface area contributed by atoms with Crippen molar-refractivity contribution in [3.63, 3.8) is 0 Å². The van der Waals surface area contributed by atoms with Gasteiger partial charge in [-0.05, 0) is 25.3 Å². The van der Waals surface area contributed by atoms with Gasteiger partial charge < -0.3 is 19.5 Å². The lowest BCUT2D eigenvalue weighted by Crippen LogP contribution is -2.61. The van der Waals surface area contributed by atoms with Gasteiger partial charge in [-0.1, -0.05) is 30.3 Å². The Morgan fingerprint density at radius 1 is 1.32 bits per heavy atom. The number of methoxy groups -OCH3 is 1. The van der Waals surface area contributed by atoms with Crippen molar-refractivity contribution < 1.29 is 32.6 Å². The van der Waals surface area contributed by atoms with E-state index >= 15 is 0 Å². The Balaban J connectivity index is 1.97. The van der Waals surface area contributed by atoms with E-state index in [0.717, 1.165) is 12.7 Å². The molecule has 1 aromatic carbocycles. The predicted molar refractivity (Wildman–Crippen MR) is 101 cm³/mol. The Bertz CT molecular complexity index is 784. The second-order valence-corrected chi connectivity index (χ2v) is 8.63. The summed E-state index contributed by atoms with van der Waals surface area (Å²) in [5, 5.41) is 9.81. The van der Waals surface area contributed by atoms with Crippen molar-refractivity contribution in [1.29, 1.82) is 0 Å². The van der Waals surface area contributed by atoms with Gasteiger partial charge in [0, 0.05) is 12.6 Å². The van der Waals surface area contributed by atoms with Gasteiger partial charge in [0.25, 0.3) is 0 Å². The number of piperidine rings is 1. The number of hydrogen-bond donors (Lipinski definition) is 2. The van der Waals surface area contributed by atoms with Crippen LogP contribution in [0.3, 0.4) is 0 Å². The van der Waals surface area contributed by atoms with Crippen LogP contribution in [-0.4, -0.2) is 68.1 Å². The van der Waals surface area contributed by atoms with Crippen molar-refractivity contribution in [3.8, 4) is 0 Å². The van der Waals surface area contributed by atoms with Gasteiger partial charge in [-0.2, -0.15) is 0 Å². The molecule has 0 unspecified atom stereocenters. The highest BCUT2D eigenvalue weighted by Crippen LogP contribution is 2.28. The van der Waals surface area contributed by atoms with Crippen LogP contribution in [0.4, 0.5) is 4.79 Å². The van der Waals surface area contributed by atoms with Crippen LogP contribution in [0.15, 0.2) is 30.3 Å². The molecule has 1 fully saturated rings. The number of aliphatic hydroxyl groups is 1. The number of ether oxygens (including phenoxy) is 2.